The third kappa shape index (κ3) is 7.91. The summed E-state index contributed by atoms with van der Waals surface area (Å²) in [5, 5.41) is 0. The molecule has 6 aromatic carbocycles. The molecule has 1 aliphatic rings. The zero-order chi connectivity index (χ0) is 32.5. The van der Waals surface area contributed by atoms with E-state index < -0.39 is 23.3 Å². The average molecular weight is 695 g/mol. The Bertz CT molecular complexity index is 1890. The van der Waals surface area contributed by atoms with E-state index in [1.54, 1.807) is 0 Å². The maximum Gasteiger partial charge on any atom is 0.587 e. The Morgan fingerprint density at radius 2 is 0.667 bits per heavy atom. The van der Waals surface area contributed by atoms with Crippen molar-refractivity contribution in [1.29, 1.82) is 0 Å². The van der Waals surface area contributed by atoms with E-state index >= 15 is 0 Å². The molecule has 6 aromatic rings. The lowest BCUT2D eigenvalue weighted by Crippen LogP contribution is -2.28. The Morgan fingerprint density at radius 3 is 1.00 bits per heavy atom. The maximum atomic E-state index is 6.79. The highest BCUT2D eigenvalue weighted by atomic mass is 31.3. The first kappa shape index (κ1) is 31.6. The number of para-hydroxylation sites is 6. The predicted octanol–water partition coefficient (Wildman–Crippen LogP) is 11.6. The lowest BCUT2D eigenvalue weighted by molar-refractivity contribution is 0.422. The van der Waals surface area contributed by atoms with Gasteiger partial charge in [0.05, 0.1) is 4.52 Å². The lowest BCUT2D eigenvalue weighted by Gasteiger charge is -2.33. The number of nitrogens with zero attached hydrogens (tertiary/aromatic N) is 2. The third-order valence-electron chi connectivity index (χ3n) is 6.54. The van der Waals surface area contributed by atoms with E-state index in [2.05, 4.69) is 4.86 Å². The van der Waals surface area contributed by atoms with Gasteiger partial charge >= 0.3 is 23.3 Å². The second-order valence-corrected chi connectivity index (χ2v) is 16.6. The lowest BCUT2D eigenvalue weighted by atomic mass is 10.3. The minimum absolute atomic E-state index is 0.478. The minimum Gasteiger partial charge on any atom is -0.417 e. The fourth-order valence-corrected chi connectivity index (χ4v) is 14.1. The van der Waals surface area contributed by atoms with Crippen LogP contribution in [0.5, 0.6) is 34.5 Å². The van der Waals surface area contributed by atoms with Crippen molar-refractivity contribution in [2.75, 3.05) is 0 Å². The van der Waals surface area contributed by atoms with Crippen LogP contribution in [0.2, 0.25) is 0 Å². The monoisotopic (exact) mass is 694 g/mol. The molecule has 0 amide bonds. The van der Waals surface area contributed by atoms with E-state index in [4.69, 9.17) is 36.2 Å². The van der Waals surface area contributed by atoms with Gasteiger partial charge in [0, 0.05) is 4.86 Å². The summed E-state index contributed by atoms with van der Waals surface area (Å²) in [5.41, 5.74) is 0. The van der Waals surface area contributed by atoms with Crippen LogP contribution in [-0.2, 0) is 0 Å². The molecule has 0 radical (unpaired) electrons. The molecule has 0 unspecified atom stereocenters. The van der Waals surface area contributed by atoms with E-state index in [9.17, 15) is 0 Å². The second kappa shape index (κ2) is 14.4. The number of benzene rings is 6. The van der Waals surface area contributed by atoms with Gasteiger partial charge in [-0.2, -0.15) is 0 Å². The van der Waals surface area contributed by atoms with Gasteiger partial charge in [0.25, 0.3) is 0 Å². The van der Waals surface area contributed by atoms with Gasteiger partial charge in [0.15, 0.2) is 11.5 Å². The average Bonchev–Trinajstić information content (AvgIpc) is 3.10. The smallest absolute Gasteiger partial charge is 0.417 e. The molecule has 0 bridgehead atoms. The molecule has 0 spiro atoms. The van der Waals surface area contributed by atoms with Crippen LogP contribution < -0.4 is 32.0 Å². The van der Waals surface area contributed by atoms with Crippen molar-refractivity contribution in [1.82, 2.24) is 4.86 Å². The van der Waals surface area contributed by atoms with Gasteiger partial charge in [-0.15, -0.1) is 0 Å². The quantitative estimate of drug-likeness (QED) is 0.127. The summed E-state index contributed by atoms with van der Waals surface area (Å²) in [4.78, 5) is 3.47. The van der Waals surface area contributed by atoms with Crippen molar-refractivity contribution in [3.05, 3.63) is 182 Å². The largest absolute Gasteiger partial charge is 0.587 e. The Labute approximate surface area is 280 Å². The maximum absolute atomic E-state index is 6.79. The van der Waals surface area contributed by atoms with Crippen molar-refractivity contribution in [3.8, 4) is 34.5 Å². The summed E-state index contributed by atoms with van der Waals surface area (Å²) < 4.78 is 51.2. The molecule has 0 fully saturated rings. The third-order valence-corrected chi connectivity index (χ3v) is 15.0. The van der Waals surface area contributed by atoms with Crippen LogP contribution in [0.25, 0.3) is 0 Å². The van der Waals surface area contributed by atoms with Crippen LogP contribution in [0.1, 0.15) is 0 Å². The van der Waals surface area contributed by atoms with Gasteiger partial charge in [-0.1, -0.05) is 114 Å². The van der Waals surface area contributed by atoms with Crippen molar-refractivity contribution in [2.24, 2.45) is 9.03 Å². The summed E-state index contributed by atoms with van der Waals surface area (Å²) in [6.07, 6.45) is 0. The second-order valence-electron chi connectivity index (χ2n) is 10.2. The van der Waals surface area contributed by atoms with E-state index in [0.29, 0.717) is 34.5 Å². The van der Waals surface area contributed by atoms with Crippen molar-refractivity contribution >= 4 is 23.3 Å². The van der Waals surface area contributed by atoms with Crippen molar-refractivity contribution < 1.29 is 27.1 Å². The predicted molar refractivity (Wildman–Crippen MR) is 191 cm³/mol. The molecule has 48 heavy (non-hydrogen) atoms. The van der Waals surface area contributed by atoms with E-state index in [0.717, 1.165) is 0 Å². The molecule has 7 rings (SSSR count). The summed E-state index contributed by atoms with van der Waals surface area (Å²) in [5.74, 6) is 2.94. The molecular weight excluding hydrogens is 663 g/mol. The van der Waals surface area contributed by atoms with Gasteiger partial charge in [0.1, 0.15) is 23.0 Å². The normalized spacial score (nSPS) is 15.4. The van der Waals surface area contributed by atoms with Gasteiger partial charge < -0.3 is 18.1 Å². The first-order valence-electron chi connectivity index (χ1n) is 15.0. The van der Waals surface area contributed by atoms with Gasteiger partial charge in [-0.05, 0) is 72.8 Å². The van der Waals surface area contributed by atoms with E-state index in [1.165, 1.54) is 0 Å². The SMILES string of the molecule is c1ccc(OP2(Oc3ccccc3)=N[P+](Oc3ccccc3)(Oc3ccccc3)NP(Oc3ccccc3)(Oc3ccccc3)=N2)cc1. The zero-order valence-corrected chi connectivity index (χ0v) is 28.2. The molecule has 9 nitrogen and oxygen atoms in total. The molecule has 240 valence electrons. The number of rotatable bonds is 12. The molecular formula is C36H31N3O6P3+. The number of nitrogens with one attached hydrogen (secondary N) is 1. The van der Waals surface area contributed by atoms with Crippen molar-refractivity contribution in [3.63, 3.8) is 0 Å². The molecule has 0 atom stereocenters. The highest BCUT2D eigenvalue weighted by molar-refractivity contribution is 7.84. The zero-order valence-electron chi connectivity index (χ0n) is 25.5. The number of hydrogen-bond donors (Lipinski definition) is 1. The molecule has 1 N–H and O–H groups in total. The van der Waals surface area contributed by atoms with Crippen LogP contribution in [0.3, 0.4) is 0 Å². The Hall–Kier alpha value is -5.03. The standard InChI is InChI=1S/C36H31N3O6P3/c1-7-19-31(20-8-1)40-46(41-32-21-9-2-10-22-32)37-47(42-33-23-11-3-12-24-33,43-34-25-13-4-14-26-34)39-48(38-46,44-35-27-15-5-16-28-35)45-36-29-17-6-18-30-36/h1-30,37H/q+1. The van der Waals surface area contributed by atoms with Crippen molar-refractivity contribution in [2.45, 2.75) is 0 Å². The highest BCUT2D eigenvalue weighted by Crippen LogP contribution is 2.79. The molecule has 0 saturated heterocycles. The van der Waals surface area contributed by atoms with Crippen LogP contribution in [-0.4, -0.2) is 0 Å². The Morgan fingerprint density at radius 1 is 0.375 bits per heavy atom. The number of hydrogen-bond acceptors (Lipinski definition) is 9. The fraction of sp³-hybridized carbons (Fsp3) is 0. The summed E-state index contributed by atoms with van der Waals surface area (Å²) in [7, 11) is -11.3. The minimum atomic E-state index is -3.84. The van der Waals surface area contributed by atoms with Crippen LogP contribution in [0, 0.1) is 0 Å². The molecule has 1 heterocycles. The topological polar surface area (TPSA) is 92.1 Å². The fourth-order valence-electron chi connectivity index (χ4n) is 4.53. The first-order valence-corrected chi connectivity index (χ1v) is 19.7. The van der Waals surface area contributed by atoms with E-state index in [-0.39, 0.29) is 0 Å². The summed E-state index contributed by atoms with van der Waals surface area (Å²) >= 11 is 0. The molecule has 0 saturated carbocycles. The van der Waals surface area contributed by atoms with E-state index in [1.807, 2.05) is 182 Å². The molecule has 1 aliphatic heterocycles. The van der Waals surface area contributed by atoms with Gasteiger partial charge in [0.2, 0.25) is 0 Å². The Balaban J connectivity index is 1.51. The molecule has 0 aliphatic carbocycles. The Kier molecular flexibility index (Phi) is 9.46. The van der Waals surface area contributed by atoms with Crippen LogP contribution in [0.4, 0.5) is 0 Å². The van der Waals surface area contributed by atoms with Gasteiger partial charge in [-0.3, -0.25) is 9.05 Å². The van der Waals surface area contributed by atoms with Gasteiger partial charge in [-0.25, -0.2) is 0 Å². The summed E-state index contributed by atoms with van der Waals surface area (Å²) in [6.45, 7) is 0. The van der Waals surface area contributed by atoms with Crippen LogP contribution >= 0.6 is 23.3 Å². The highest BCUT2D eigenvalue weighted by Gasteiger charge is 2.63. The summed E-state index contributed by atoms with van der Waals surface area (Å²) in [6, 6.07) is 55.7. The first-order chi connectivity index (χ1) is 23.6. The molecule has 0 aromatic heterocycles. The van der Waals surface area contributed by atoms with Crippen LogP contribution in [0.15, 0.2) is 191 Å². The molecule has 12 heteroatoms.